The number of carbonyl (C=O) groups excluding carboxylic acids is 1. The van der Waals surface area contributed by atoms with Gasteiger partial charge in [0.1, 0.15) is 17.2 Å². The number of rotatable bonds is 4. The van der Waals surface area contributed by atoms with E-state index >= 15 is 0 Å². The highest BCUT2D eigenvalue weighted by Gasteiger charge is 2.16. The van der Waals surface area contributed by atoms with Crippen LogP contribution in [-0.4, -0.2) is 15.3 Å². The second-order valence-corrected chi connectivity index (χ2v) is 6.25. The first-order valence-electron chi connectivity index (χ1n) is 7.88. The van der Waals surface area contributed by atoms with Gasteiger partial charge < -0.3 is 5.32 Å². The average Bonchev–Trinajstić information content (AvgIpc) is 2.86. The van der Waals surface area contributed by atoms with Crippen molar-refractivity contribution in [2.45, 2.75) is 27.2 Å². The molecule has 4 heteroatoms. The largest absolute Gasteiger partial charge is 0.310 e. The molecule has 0 unspecified atom stereocenters. The zero-order valence-corrected chi connectivity index (χ0v) is 13.7. The van der Waals surface area contributed by atoms with Crippen molar-refractivity contribution in [2.75, 3.05) is 5.32 Å². The van der Waals surface area contributed by atoms with E-state index in [1.165, 1.54) is 5.56 Å². The van der Waals surface area contributed by atoms with Crippen LogP contribution < -0.4 is 5.32 Å². The van der Waals surface area contributed by atoms with Gasteiger partial charge in [0, 0.05) is 18.2 Å². The maximum absolute atomic E-state index is 12.2. The molecule has 0 saturated carbocycles. The molecule has 2 aromatic heterocycles. The van der Waals surface area contributed by atoms with E-state index in [1.54, 1.807) is 0 Å². The Balaban J connectivity index is 2.07. The second kappa shape index (κ2) is 6.24. The molecule has 0 fully saturated rings. The van der Waals surface area contributed by atoms with Crippen LogP contribution in [0.5, 0.6) is 0 Å². The molecule has 0 atom stereocenters. The third kappa shape index (κ3) is 3.26. The minimum atomic E-state index is 0.0130. The topological polar surface area (TPSA) is 46.4 Å². The molecular weight excluding hydrogens is 286 g/mol. The van der Waals surface area contributed by atoms with Crippen molar-refractivity contribution in [2.24, 2.45) is 5.92 Å². The van der Waals surface area contributed by atoms with E-state index in [9.17, 15) is 4.79 Å². The number of pyridine rings is 1. The third-order valence-corrected chi connectivity index (χ3v) is 3.71. The number of nitrogens with one attached hydrogen (secondary N) is 1. The van der Waals surface area contributed by atoms with E-state index in [0.717, 1.165) is 22.7 Å². The van der Waals surface area contributed by atoms with Crippen molar-refractivity contribution >= 4 is 17.4 Å². The van der Waals surface area contributed by atoms with Gasteiger partial charge in [-0.05, 0) is 25.0 Å². The zero-order valence-electron chi connectivity index (χ0n) is 13.7. The van der Waals surface area contributed by atoms with Crippen molar-refractivity contribution in [3.05, 3.63) is 54.2 Å². The minimum absolute atomic E-state index is 0.0130. The lowest BCUT2D eigenvalue weighted by atomic mass is 10.1. The molecule has 1 amide bonds. The number of benzene rings is 1. The van der Waals surface area contributed by atoms with Crippen molar-refractivity contribution in [1.82, 2.24) is 9.38 Å². The van der Waals surface area contributed by atoms with E-state index in [1.807, 2.05) is 54.8 Å². The number of aromatic nitrogens is 2. The molecule has 23 heavy (non-hydrogen) atoms. The van der Waals surface area contributed by atoms with Gasteiger partial charge in [-0.15, -0.1) is 0 Å². The summed E-state index contributed by atoms with van der Waals surface area (Å²) in [6, 6.07) is 14.0. The molecule has 0 radical (unpaired) electrons. The van der Waals surface area contributed by atoms with Crippen LogP contribution in [0.15, 0.2) is 48.7 Å². The number of amides is 1. The summed E-state index contributed by atoms with van der Waals surface area (Å²) in [5.74, 6) is 1.06. The van der Waals surface area contributed by atoms with Gasteiger partial charge in [0.05, 0.1) is 0 Å². The number of hydrogen-bond donors (Lipinski definition) is 1. The van der Waals surface area contributed by atoms with E-state index in [0.29, 0.717) is 12.3 Å². The monoisotopic (exact) mass is 307 g/mol. The molecule has 3 aromatic rings. The van der Waals surface area contributed by atoms with Gasteiger partial charge >= 0.3 is 0 Å². The first kappa shape index (κ1) is 15.3. The Morgan fingerprint density at radius 3 is 2.61 bits per heavy atom. The number of anilines is 1. The maximum Gasteiger partial charge on any atom is 0.225 e. The normalized spacial score (nSPS) is 11.1. The minimum Gasteiger partial charge on any atom is -0.310 e. The van der Waals surface area contributed by atoms with Crippen molar-refractivity contribution in [3.8, 4) is 11.3 Å². The number of fused-ring (bicyclic) bond motifs is 1. The summed E-state index contributed by atoms with van der Waals surface area (Å²) < 4.78 is 1.92. The van der Waals surface area contributed by atoms with E-state index in [4.69, 9.17) is 4.98 Å². The maximum atomic E-state index is 12.2. The summed E-state index contributed by atoms with van der Waals surface area (Å²) in [6.07, 6.45) is 2.42. The molecule has 2 heterocycles. The van der Waals surface area contributed by atoms with Gasteiger partial charge in [0.25, 0.3) is 0 Å². The molecular formula is C19H21N3O. The van der Waals surface area contributed by atoms with E-state index in [2.05, 4.69) is 24.4 Å². The number of imidazole rings is 1. The Labute approximate surface area is 136 Å². The van der Waals surface area contributed by atoms with Crippen LogP contribution in [0.25, 0.3) is 16.9 Å². The van der Waals surface area contributed by atoms with Crippen LogP contribution in [0.1, 0.15) is 25.8 Å². The van der Waals surface area contributed by atoms with Gasteiger partial charge in [-0.3, -0.25) is 9.20 Å². The lowest BCUT2D eigenvalue weighted by molar-refractivity contribution is -0.116. The summed E-state index contributed by atoms with van der Waals surface area (Å²) in [4.78, 5) is 16.9. The summed E-state index contributed by atoms with van der Waals surface area (Å²) in [5.41, 5.74) is 3.82. The summed E-state index contributed by atoms with van der Waals surface area (Å²) in [5, 5.41) is 3.04. The second-order valence-electron chi connectivity index (χ2n) is 6.25. The molecule has 0 aliphatic heterocycles. The zero-order chi connectivity index (χ0) is 16.4. The van der Waals surface area contributed by atoms with Gasteiger partial charge in [-0.25, -0.2) is 4.98 Å². The molecule has 3 rings (SSSR count). The molecule has 4 nitrogen and oxygen atoms in total. The molecule has 118 valence electrons. The Morgan fingerprint density at radius 1 is 1.17 bits per heavy atom. The molecule has 1 N–H and O–H groups in total. The van der Waals surface area contributed by atoms with Crippen LogP contribution in [0.3, 0.4) is 0 Å². The van der Waals surface area contributed by atoms with E-state index in [-0.39, 0.29) is 5.91 Å². The van der Waals surface area contributed by atoms with Crippen LogP contribution in [0, 0.1) is 12.8 Å². The Kier molecular flexibility index (Phi) is 4.15. The lowest BCUT2D eigenvalue weighted by Gasteiger charge is -2.09. The molecule has 0 saturated heterocycles. The summed E-state index contributed by atoms with van der Waals surface area (Å²) in [7, 11) is 0. The van der Waals surface area contributed by atoms with Crippen LogP contribution in [0.4, 0.5) is 5.82 Å². The fourth-order valence-electron chi connectivity index (χ4n) is 2.58. The number of aryl methyl sites for hydroxylation is 1. The van der Waals surface area contributed by atoms with Gasteiger partial charge in [0.15, 0.2) is 0 Å². The van der Waals surface area contributed by atoms with Gasteiger partial charge in [-0.2, -0.15) is 0 Å². The van der Waals surface area contributed by atoms with E-state index < -0.39 is 0 Å². The van der Waals surface area contributed by atoms with Crippen molar-refractivity contribution in [1.29, 1.82) is 0 Å². The number of carbonyl (C=O) groups is 1. The molecule has 0 bridgehead atoms. The molecule has 0 aliphatic carbocycles. The Hall–Kier alpha value is -2.62. The fourth-order valence-corrected chi connectivity index (χ4v) is 2.58. The van der Waals surface area contributed by atoms with Crippen molar-refractivity contribution in [3.63, 3.8) is 0 Å². The highest BCUT2D eigenvalue weighted by Crippen LogP contribution is 2.29. The number of hydrogen-bond acceptors (Lipinski definition) is 2. The smallest absolute Gasteiger partial charge is 0.225 e. The van der Waals surface area contributed by atoms with Gasteiger partial charge in [0.2, 0.25) is 5.91 Å². The first-order chi connectivity index (χ1) is 11.0. The van der Waals surface area contributed by atoms with Crippen molar-refractivity contribution < 1.29 is 4.79 Å². The predicted octanol–water partition coefficient (Wildman–Crippen LogP) is 4.29. The van der Waals surface area contributed by atoms with Crippen LogP contribution in [0.2, 0.25) is 0 Å². The third-order valence-electron chi connectivity index (χ3n) is 3.71. The molecule has 1 aromatic carbocycles. The average molecular weight is 307 g/mol. The van der Waals surface area contributed by atoms with Gasteiger partial charge in [-0.1, -0.05) is 49.7 Å². The fraction of sp³-hybridized carbons (Fsp3) is 0.263. The molecule has 0 spiro atoms. The summed E-state index contributed by atoms with van der Waals surface area (Å²) >= 11 is 0. The SMILES string of the molecule is Cc1ccc(-c2nc3ccccn3c2NC(=O)CC(C)C)cc1. The van der Waals surface area contributed by atoms with Crippen LogP contribution in [-0.2, 0) is 4.79 Å². The standard InChI is InChI=1S/C19H21N3O/c1-13(2)12-17(23)21-19-18(15-9-7-14(3)8-10-15)20-16-6-4-5-11-22(16)19/h4-11,13H,12H2,1-3H3,(H,21,23). The lowest BCUT2D eigenvalue weighted by Crippen LogP contribution is -2.15. The predicted molar refractivity (Wildman–Crippen MR) is 93.4 cm³/mol. The van der Waals surface area contributed by atoms with Crippen LogP contribution >= 0.6 is 0 Å². The Bertz CT molecular complexity index is 831. The highest BCUT2D eigenvalue weighted by atomic mass is 16.1. The summed E-state index contributed by atoms with van der Waals surface area (Å²) in [6.45, 7) is 6.13. The Morgan fingerprint density at radius 2 is 1.91 bits per heavy atom. The highest BCUT2D eigenvalue weighted by molar-refractivity contribution is 5.94. The number of nitrogens with zero attached hydrogens (tertiary/aromatic N) is 2. The molecule has 0 aliphatic rings. The quantitative estimate of drug-likeness (QED) is 0.781. The first-order valence-corrected chi connectivity index (χ1v) is 7.88.